The van der Waals surface area contributed by atoms with Crippen LogP contribution in [-0.2, 0) is 6.54 Å². The predicted octanol–water partition coefficient (Wildman–Crippen LogP) is 2.93. The zero-order chi connectivity index (χ0) is 13.2. The molecule has 0 saturated heterocycles. The lowest BCUT2D eigenvalue weighted by Gasteiger charge is -2.45. The average molecular weight is 250 g/mol. The second-order valence-electron chi connectivity index (χ2n) is 5.97. The quantitative estimate of drug-likeness (QED) is 0.893. The molecule has 1 fully saturated rings. The van der Waals surface area contributed by atoms with Gasteiger partial charge in [0.15, 0.2) is 0 Å². The Morgan fingerprint density at radius 1 is 1.44 bits per heavy atom. The summed E-state index contributed by atoms with van der Waals surface area (Å²) in [6, 6.07) is 2.07. The van der Waals surface area contributed by atoms with Crippen LogP contribution in [0.3, 0.4) is 0 Å². The van der Waals surface area contributed by atoms with E-state index in [1.54, 1.807) is 6.26 Å². The van der Waals surface area contributed by atoms with Gasteiger partial charge in [-0.25, -0.2) is 0 Å². The topological polar surface area (TPSA) is 42.4 Å². The predicted molar refractivity (Wildman–Crippen MR) is 74.3 cm³/mol. The van der Waals surface area contributed by atoms with Crippen molar-refractivity contribution in [1.29, 1.82) is 0 Å². The van der Waals surface area contributed by atoms with Crippen molar-refractivity contribution in [1.82, 2.24) is 4.90 Å². The smallest absolute Gasteiger partial charge is 0.105 e. The molecule has 0 aromatic carbocycles. The largest absolute Gasteiger partial charge is 0.469 e. The van der Waals surface area contributed by atoms with E-state index in [1.807, 2.05) is 6.92 Å². The van der Waals surface area contributed by atoms with Crippen molar-refractivity contribution in [2.24, 2.45) is 11.7 Å². The number of rotatable bonds is 4. The van der Waals surface area contributed by atoms with E-state index in [0.29, 0.717) is 0 Å². The lowest BCUT2D eigenvalue weighted by molar-refractivity contribution is 0.0612. The summed E-state index contributed by atoms with van der Waals surface area (Å²) in [6.07, 6.45) is 6.81. The molecule has 1 aliphatic carbocycles. The molecule has 1 aliphatic rings. The van der Waals surface area contributed by atoms with Crippen molar-refractivity contribution in [3.8, 4) is 0 Å². The first-order chi connectivity index (χ1) is 8.57. The summed E-state index contributed by atoms with van der Waals surface area (Å²) in [5.74, 6) is 1.88. The molecule has 0 atom stereocenters. The number of nitrogens with two attached hydrogens (primary N) is 1. The fourth-order valence-electron chi connectivity index (χ4n) is 3.04. The van der Waals surface area contributed by atoms with Crippen LogP contribution in [0, 0.1) is 12.8 Å². The summed E-state index contributed by atoms with van der Waals surface area (Å²) in [5.41, 5.74) is 7.56. The molecule has 1 aromatic rings. The van der Waals surface area contributed by atoms with Gasteiger partial charge in [0.05, 0.1) is 6.26 Å². The molecule has 0 spiro atoms. The van der Waals surface area contributed by atoms with E-state index in [2.05, 4.69) is 24.9 Å². The molecule has 0 aliphatic heterocycles. The molecule has 1 saturated carbocycles. The van der Waals surface area contributed by atoms with Crippen molar-refractivity contribution in [3.05, 3.63) is 23.7 Å². The van der Waals surface area contributed by atoms with Gasteiger partial charge in [0.25, 0.3) is 0 Å². The van der Waals surface area contributed by atoms with Crippen LogP contribution in [0.25, 0.3) is 0 Å². The van der Waals surface area contributed by atoms with Gasteiger partial charge in [-0.15, -0.1) is 0 Å². The summed E-state index contributed by atoms with van der Waals surface area (Å²) in [6.45, 7) is 6.07. The molecule has 0 amide bonds. The fourth-order valence-corrected chi connectivity index (χ4v) is 3.04. The van der Waals surface area contributed by atoms with Gasteiger partial charge < -0.3 is 10.2 Å². The molecule has 102 valence electrons. The molecule has 2 rings (SSSR count). The van der Waals surface area contributed by atoms with Crippen molar-refractivity contribution >= 4 is 0 Å². The molecule has 18 heavy (non-hydrogen) atoms. The number of furan rings is 1. The van der Waals surface area contributed by atoms with E-state index in [1.165, 1.54) is 31.2 Å². The third kappa shape index (κ3) is 2.62. The minimum atomic E-state index is 0.191. The van der Waals surface area contributed by atoms with Gasteiger partial charge in [-0.1, -0.05) is 6.92 Å². The molecule has 3 heteroatoms. The molecular weight excluding hydrogens is 224 g/mol. The van der Waals surface area contributed by atoms with Gasteiger partial charge in [-0.05, 0) is 51.6 Å². The zero-order valence-electron chi connectivity index (χ0n) is 11.9. The number of likely N-dealkylation sites (N-methyl/N-ethyl adjacent to an activating group) is 1. The highest BCUT2D eigenvalue weighted by Gasteiger charge is 2.36. The minimum absolute atomic E-state index is 0.191. The number of hydrogen-bond acceptors (Lipinski definition) is 3. The Hall–Kier alpha value is -0.800. The molecule has 2 N–H and O–H groups in total. The third-order valence-corrected chi connectivity index (χ3v) is 4.77. The van der Waals surface area contributed by atoms with E-state index in [4.69, 9.17) is 10.2 Å². The Morgan fingerprint density at radius 3 is 2.61 bits per heavy atom. The van der Waals surface area contributed by atoms with Crippen LogP contribution in [0.4, 0.5) is 0 Å². The average Bonchev–Trinajstić information content (AvgIpc) is 2.76. The van der Waals surface area contributed by atoms with Gasteiger partial charge >= 0.3 is 0 Å². The van der Waals surface area contributed by atoms with Crippen molar-refractivity contribution in [2.45, 2.75) is 51.6 Å². The Kier molecular flexibility index (Phi) is 4.13. The summed E-state index contributed by atoms with van der Waals surface area (Å²) < 4.78 is 5.38. The van der Waals surface area contributed by atoms with Gasteiger partial charge in [-0.3, -0.25) is 4.90 Å². The molecule has 1 heterocycles. The van der Waals surface area contributed by atoms with E-state index >= 15 is 0 Å². The molecule has 1 aromatic heterocycles. The minimum Gasteiger partial charge on any atom is -0.469 e. The molecule has 0 radical (unpaired) electrons. The van der Waals surface area contributed by atoms with Gasteiger partial charge in [0.2, 0.25) is 0 Å². The molecular formula is C15H26N2O. The maximum absolute atomic E-state index is 6.09. The lowest BCUT2D eigenvalue weighted by atomic mass is 9.76. The van der Waals surface area contributed by atoms with Crippen LogP contribution in [0.1, 0.15) is 43.9 Å². The van der Waals surface area contributed by atoms with E-state index in [9.17, 15) is 0 Å². The molecule has 0 unspecified atom stereocenters. The maximum Gasteiger partial charge on any atom is 0.105 e. The van der Waals surface area contributed by atoms with Gasteiger partial charge in [-0.2, -0.15) is 0 Å². The Balaban J connectivity index is 2.06. The Labute approximate surface area is 110 Å². The third-order valence-electron chi connectivity index (χ3n) is 4.77. The van der Waals surface area contributed by atoms with Crippen molar-refractivity contribution in [2.75, 3.05) is 13.6 Å². The summed E-state index contributed by atoms with van der Waals surface area (Å²) in [7, 11) is 2.20. The maximum atomic E-state index is 6.09. The van der Waals surface area contributed by atoms with Gasteiger partial charge in [0.1, 0.15) is 5.76 Å². The highest BCUT2D eigenvalue weighted by molar-refractivity contribution is 5.16. The number of hydrogen-bond donors (Lipinski definition) is 1. The number of aryl methyl sites for hydroxylation is 1. The summed E-state index contributed by atoms with van der Waals surface area (Å²) in [4.78, 5) is 2.44. The highest BCUT2D eigenvalue weighted by atomic mass is 16.3. The van der Waals surface area contributed by atoms with Crippen LogP contribution in [-0.4, -0.2) is 24.0 Å². The fraction of sp³-hybridized carbons (Fsp3) is 0.733. The molecule has 3 nitrogen and oxygen atoms in total. The number of nitrogens with zero attached hydrogens (tertiary/aromatic N) is 1. The monoisotopic (exact) mass is 250 g/mol. The Bertz CT molecular complexity index is 378. The Morgan fingerprint density at radius 2 is 2.11 bits per heavy atom. The van der Waals surface area contributed by atoms with Crippen LogP contribution in [0.2, 0.25) is 0 Å². The van der Waals surface area contributed by atoms with E-state index < -0.39 is 0 Å². The first-order valence-corrected chi connectivity index (χ1v) is 7.02. The zero-order valence-corrected chi connectivity index (χ0v) is 11.9. The van der Waals surface area contributed by atoms with Crippen LogP contribution < -0.4 is 5.73 Å². The van der Waals surface area contributed by atoms with Gasteiger partial charge in [0, 0.05) is 24.2 Å². The second-order valence-corrected chi connectivity index (χ2v) is 5.97. The standard InChI is InChI=1S/C15H26N2O/c1-12-4-7-15(11-16,8-5-12)17(3)10-14-6-9-18-13(14)2/h6,9,12H,4-5,7-8,10-11,16H2,1-3H3. The van der Waals surface area contributed by atoms with Crippen molar-refractivity contribution in [3.63, 3.8) is 0 Å². The van der Waals surface area contributed by atoms with Crippen LogP contribution >= 0.6 is 0 Å². The van der Waals surface area contributed by atoms with Crippen LogP contribution in [0.5, 0.6) is 0 Å². The SMILES string of the molecule is Cc1occc1CN(C)C1(CN)CCC(C)CC1. The first-order valence-electron chi connectivity index (χ1n) is 7.02. The van der Waals surface area contributed by atoms with Crippen molar-refractivity contribution < 1.29 is 4.42 Å². The second kappa shape index (κ2) is 5.45. The van der Waals surface area contributed by atoms with Crippen LogP contribution in [0.15, 0.2) is 16.7 Å². The summed E-state index contributed by atoms with van der Waals surface area (Å²) in [5, 5.41) is 0. The van der Waals surface area contributed by atoms with E-state index in [-0.39, 0.29) is 5.54 Å². The lowest BCUT2D eigenvalue weighted by Crippen LogP contribution is -2.53. The normalized spacial score (nSPS) is 28.8. The first kappa shape index (κ1) is 13.6. The van der Waals surface area contributed by atoms with E-state index in [0.717, 1.165) is 24.8 Å². The highest BCUT2D eigenvalue weighted by Crippen LogP contribution is 2.36. The molecule has 0 bridgehead atoms. The summed E-state index contributed by atoms with van der Waals surface area (Å²) >= 11 is 0.